The molecule has 18 heavy (non-hydrogen) atoms. The van der Waals surface area contributed by atoms with Gasteiger partial charge >= 0.3 is 5.97 Å². The van der Waals surface area contributed by atoms with E-state index >= 15 is 0 Å². The fourth-order valence-corrected chi connectivity index (χ4v) is 2.20. The van der Waals surface area contributed by atoms with Gasteiger partial charge in [-0.25, -0.2) is 0 Å². The molecule has 0 aromatic carbocycles. The Balaban J connectivity index is 1.93. The molecule has 1 atom stereocenters. The van der Waals surface area contributed by atoms with Crippen LogP contribution in [0.4, 0.5) is 0 Å². The molecule has 1 aromatic rings. The number of hydrogen-bond donors (Lipinski definition) is 1. The van der Waals surface area contributed by atoms with Crippen LogP contribution in [0.2, 0.25) is 0 Å². The highest BCUT2D eigenvalue weighted by Gasteiger charge is 2.20. The molecular formula is C13H18N2O3. The summed E-state index contributed by atoms with van der Waals surface area (Å²) in [6.07, 6.45) is 5.71. The van der Waals surface area contributed by atoms with Gasteiger partial charge in [0.05, 0.1) is 12.6 Å². The van der Waals surface area contributed by atoms with Crippen LogP contribution < -0.4 is 0 Å². The first-order valence-corrected chi connectivity index (χ1v) is 6.18. The van der Waals surface area contributed by atoms with Gasteiger partial charge < -0.3 is 9.84 Å². The van der Waals surface area contributed by atoms with Crippen molar-refractivity contribution >= 4 is 5.97 Å². The Kier molecular flexibility index (Phi) is 4.66. The molecule has 0 radical (unpaired) electrons. The van der Waals surface area contributed by atoms with Crippen molar-refractivity contribution < 1.29 is 14.6 Å². The highest BCUT2D eigenvalue weighted by molar-refractivity contribution is 5.69. The van der Waals surface area contributed by atoms with Crippen molar-refractivity contribution in [2.75, 3.05) is 19.7 Å². The van der Waals surface area contributed by atoms with Crippen molar-refractivity contribution in [1.82, 2.24) is 9.88 Å². The van der Waals surface area contributed by atoms with Gasteiger partial charge in [-0.05, 0) is 30.5 Å². The number of carbonyl (C=O) groups is 1. The fraction of sp³-hybridized carbons (Fsp3) is 0.538. The molecule has 2 rings (SSSR count). The van der Waals surface area contributed by atoms with Crippen LogP contribution in [-0.4, -0.2) is 46.8 Å². The predicted octanol–water partition coefficient (Wildman–Crippen LogP) is 1.15. The van der Waals surface area contributed by atoms with Gasteiger partial charge in [0.1, 0.15) is 0 Å². The van der Waals surface area contributed by atoms with Crippen molar-refractivity contribution in [3.63, 3.8) is 0 Å². The maximum absolute atomic E-state index is 10.9. The standard InChI is InChI=1S/C13H18N2O3/c16-13(17)10-15(9-12-2-1-7-18-12)8-11-3-5-14-6-4-11/h3-6,12H,1-2,7-10H2,(H,16,17). The van der Waals surface area contributed by atoms with Crippen LogP contribution in [-0.2, 0) is 16.1 Å². The summed E-state index contributed by atoms with van der Waals surface area (Å²) in [5, 5.41) is 8.94. The molecule has 1 aliphatic rings. The van der Waals surface area contributed by atoms with E-state index in [-0.39, 0.29) is 12.6 Å². The summed E-state index contributed by atoms with van der Waals surface area (Å²) in [4.78, 5) is 16.7. The number of pyridine rings is 1. The minimum absolute atomic E-state index is 0.0438. The average Bonchev–Trinajstić information content (AvgIpc) is 2.82. The normalized spacial score (nSPS) is 19.3. The van der Waals surface area contributed by atoms with Crippen LogP contribution in [0.25, 0.3) is 0 Å². The molecule has 5 heteroatoms. The zero-order valence-electron chi connectivity index (χ0n) is 10.3. The van der Waals surface area contributed by atoms with Crippen LogP contribution in [0.3, 0.4) is 0 Å². The Bertz CT molecular complexity index is 377. The molecule has 0 amide bonds. The first-order valence-electron chi connectivity index (χ1n) is 6.18. The molecule has 98 valence electrons. The van der Waals surface area contributed by atoms with E-state index in [1.165, 1.54) is 0 Å². The van der Waals surface area contributed by atoms with Crippen molar-refractivity contribution in [2.24, 2.45) is 0 Å². The Morgan fingerprint density at radius 2 is 2.28 bits per heavy atom. The van der Waals surface area contributed by atoms with Gasteiger partial charge in [-0.3, -0.25) is 14.7 Å². The van der Waals surface area contributed by atoms with E-state index in [4.69, 9.17) is 9.84 Å². The minimum atomic E-state index is -0.804. The fourth-order valence-electron chi connectivity index (χ4n) is 2.20. The van der Waals surface area contributed by atoms with Crippen molar-refractivity contribution in [2.45, 2.75) is 25.5 Å². The Morgan fingerprint density at radius 3 is 2.89 bits per heavy atom. The molecule has 1 unspecified atom stereocenters. The molecule has 0 spiro atoms. The number of nitrogens with zero attached hydrogens (tertiary/aromatic N) is 2. The smallest absolute Gasteiger partial charge is 0.317 e. The number of rotatable bonds is 6. The molecule has 1 N–H and O–H groups in total. The predicted molar refractivity (Wildman–Crippen MR) is 66.1 cm³/mol. The molecule has 0 aliphatic carbocycles. The summed E-state index contributed by atoms with van der Waals surface area (Å²) in [7, 11) is 0. The Labute approximate surface area is 106 Å². The monoisotopic (exact) mass is 250 g/mol. The molecule has 1 fully saturated rings. The number of carboxylic acids is 1. The molecule has 5 nitrogen and oxygen atoms in total. The number of carboxylic acid groups (broad SMARTS) is 1. The van der Waals surface area contributed by atoms with E-state index < -0.39 is 5.97 Å². The van der Waals surface area contributed by atoms with E-state index in [1.807, 2.05) is 17.0 Å². The Hall–Kier alpha value is -1.46. The van der Waals surface area contributed by atoms with Crippen LogP contribution in [0, 0.1) is 0 Å². The van der Waals surface area contributed by atoms with Gasteiger partial charge in [-0.15, -0.1) is 0 Å². The van der Waals surface area contributed by atoms with Crippen LogP contribution in [0.1, 0.15) is 18.4 Å². The van der Waals surface area contributed by atoms with Crippen molar-refractivity contribution in [1.29, 1.82) is 0 Å². The summed E-state index contributed by atoms with van der Waals surface area (Å²) in [5.74, 6) is -0.804. The lowest BCUT2D eigenvalue weighted by molar-refractivity contribution is -0.138. The molecule has 1 aromatic heterocycles. The minimum Gasteiger partial charge on any atom is -0.480 e. The molecule has 1 saturated heterocycles. The lowest BCUT2D eigenvalue weighted by Gasteiger charge is -2.23. The molecule has 1 aliphatic heterocycles. The zero-order chi connectivity index (χ0) is 12.8. The van der Waals surface area contributed by atoms with Gasteiger partial charge in [0.2, 0.25) is 0 Å². The summed E-state index contributed by atoms with van der Waals surface area (Å²) in [5.41, 5.74) is 1.07. The first kappa shape index (κ1) is 13.0. The average molecular weight is 250 g/mol. The molecule has 0 saturated carbocycles. The second kappa shape index (κ2) is 6.47. The summed E-state index contributed by atoms with van der Waals surface area (Å²) >= 11 is 0. The van der Waals surface area contributed by atoms with Gasteiger partial charge in [0.25, 0.3) is 0 Å². The maximum atomic E-state index is 10.9. The molecule has 0 bridgehead atoms. The summed E-state index contributed by atoms with van der Waals surface area (Å²) in [6, 6.07) is 3.81. The second-order valence-corrected chi connectivity index (χ2v) is 4.55. The lowest BCUT2D eigenvalue weighted by Crippen LogP contribution is -2.35. The highest BCUT2D eigenvalue weighted by atomic mass is 16.5. The van der Waals surface area contributed by atoms with Crippen molar-refractivity contribution in [3.05, 3.63) is 30.1 Å². The first-order chi connectivity index (χ1) is 8.74. The lowest BCUT2D eigenvalue weighted by atomic mass is 10.2. The Morgan fingerprint density at radius 1 is 1.50 bits per heavy atom. The SMILES string of the molecule is O=C(O)CN(Cc1ccncc1)CC1CCCO1. The van der Waals surface area contributed by atoms with Gasteiger partial charge in [-0.1, -0.05) is 0 Å². The number of aromatic nitrogens is 1. The second-order valence-electron chi connectivity index (χ2n) is 4.55. The molecular weight excluding hydrogens is 232 g/mol. The van der Waals surface area contributed by atoms with Crippen molar-refractivity contribution in [3.8, 4) is 0 Å². The quantitative estimate of drug-likeness (QED) is 0.820. The number of hydrogen-bond acceptors (Lipinski definition) is 4. The van der Waals surface area contributed by atoms with E-state index in [1.54, 1.807) is 12.4 Å². The highest BCUT2D eigenvalue weighted by Crippen LogP contribution is 2.14. The van der Waals surface area contributed by atoms with E-state index in [0.29, 0.717) is 13.1 Å². The summed E-state index contributed by atoms with van der Waals surface area (Å²) in [6.45, 7) is 2.13. The third-order valence-electron chi connectivity index (χ3n) is 3.00. The van der Waals surface area contributed by atoms with Gasteiger partial charge in [-0.2, -0.15) is 0 Å². The van der Waals surface area contributed by atoms with Crippen LogP contribution in [0.15, 0.2) is 24.5 Å². The summed E-state index contributed by atoms with van der Waals surface area (Å²) < 4.78 is 5.56. The topological polar surface area (TPSA) is 62.7 Å². The van der Waals surface area contributed by atoms with E-state index in [2.05, 4.69) is 4.98 Å². The molecule has 2 heterocycles. The largest absolute Gasteiger partial charge is 0.480 e. The van der Waals surface area contributed by atoms with Gasteiger partial charge in [0, 0.05) is 32.1 Å². The zero-order valence-corrected chi connectivity index (χ0v) is 10.3. The third-order valence-corrected chi connectivity index (χ3v) is 3.00. The van der Waals surface area contributed by atoms with Crippen LogP contribution >= 0.6 is 0 Å². The third kappa shape index (κ3) is 4.09. The van der Waals surface area contributed by atoms with Gasteiger partial charge in [0.15, 0.2) is 0 Å². The maximum Gasteiger partial charge on any atom is 0.317 e. The van der Waals surface area contributed by atoms with E-state index in [0.717, 1.165) is 25.0 Å². The van der Waals surface area contributed by atoms with Crippen LogP contribution in [0.5, 0.6) is 0 Å². The number of ether oxygens (including phenoxy) is 1. The van der Waals surface area contributed by atoms with E-state index in [9.17, 15) is 4.79 Å². The number of aliphatic carboxylic acids is 1.